The number of carbonyl (C=O) groups excluding carboxylic acids is 2. The highest BCUT2D eigenvalue weighted by atomic mass is 19.1. The first-order valence-corrected chi connectivity index (χ1v) is 14.6. The van der Waals surface area contributed by atoms with Crippen molar-refractivity contribution in [3.63, 3.8) is 0 Å². The Morgan fingerprint density at radius 1 is 1.31 bits per heavy atom. The van der Waals surface area contributed by atoms with Crippen molar-refractivity contribution in [2.45, 2.75) is 71.8 Å². The molecular weight excluding hydrogens is 542 g/mol. The van der Waals surface area contributed by atoms with E-state index in [9.17, 15) is 24.5 Å². The van der Waals surface area contributed by atoms with Gasteiger partial charge in [0.25, 0.3) is 6.47 Å². The number of aliphatic carboxylic acids is 1. The Morgan fingerprint density at radius 3 is 2.67 bits per heavy atom. The standard InChI is InChI=1S/C31H40BFN2O7/c1-7-29(4)13-21(25(28(38)39)42-20-9-8-19-15-34-35(6)32(40)22(19)12-20)30(5)17(2)10-11-31(18(3)27(29)41-16-36)14-23(33)24(37)26(30)31/h7-9,12,15-18,21,23,25-27,40H,1,10-11,13-14H2,2-6H3,(H,38,39)/t17-,18+,21+,23?,25?,26+,27+,29-,30-,31+/m1/s1. The molecule has 42 heavy (non-hydrogen) atoms. The highest BCUT2D eigenvalue weighted by Gasteiger charge is 2.71. The molecule has 0 saturated heterocycles. The van der Waals surface area contributed by atoms with Crippen molar-refractivity contribution >= 4 is 37.0 Å². The molecule has 9 nitrogen and oxygen atoms in total. The lowest BCUT2D eigenvalue weighted by atomic mass is 9.41. The van der Waals surface area contributed by atoms with Crippen LogP contribution in [0.15, 0.2) is 36.0 Å². The fourth-order valence-corrected chi connectivity index (χ4v) is 9.01. The zero-order valence-electron chi connectivity index (χ0n) is 24.8. The normalized spacial score (nSPS) is 39.8. The Labute approximate surface area is 246 Å². The number of hydrazone groups is 1. The lowest BCUT2D eigenvalue weighted by Crippen LogP contribution is -2.64. The average molecular weight is 582 g/mol. The highest BCUT2D eigenvalue weighted by Crippen LogP contribution is 2.70. The number of hydrogen-bond donors (Lipinski definition) is 2. The minimum absolute atomic E-state index is 0.00894. The van der Waals surface area contributed by atoms with E-state index in [4.69, 9.17) is 9.47 Å². The predicted molar refractivity (Wildman–Crippen MR) is 155 cm³/mol. The summed E-state index contributed by atoms with van der Waals surface area (Å²) in [6.45, 7) is 12.2. The fraction of sp³-hybridized carbons (Fsp3) is 0.613. The van der Waals surface area contributed by atoms with Crippen LogP contribution >= 0.6 is 0 Å². The van der Waals surface area contributed by atoms with E-state index < -0.39 is 65.3 Å². The molecule has 226 valence electrons. The number of carbonyl (C=O) groups is 3. The molecule has 4 aliphatic rings. The van der Waals surface area contributed by atoms with E-state index in [0.29, 0.717) is 30.3 Å². The fourth-order valence-electron chi connectivity index (χ4n) is 9.01. The van der Waals surface area contributed by atoms with E-state index >= 15 is 4.39 Å². The molecule has 3 saturated carbocycles. The Kier molecular flexibility index (Phi) is 7.57. The van der Waals surface area contributed by atoms with Crippen LogP contribution in [0.1, 0.15) is 58.9 Å². The Morgan fingerprint density at radius 2 is 2.02 bits per heavy atom. The zero-order chi connectivity index (χ0) is 30.8. The summed E-state index contributed by atoms with van der Waals surface area (Å²) in [4.78, 5) is 40.1. The van der Waals surface area contributed by atoms with Gasteiger partial charge in [-0.25, -0.2) is 9.18 Å². The molecule has 10 atom stereocenters. The molecule has 3 aliphatic carbocycles. The minimum Gasteiger partial charge on any atom is -0.478 e. The second-order valence-electron chi connectivity index (χ2n) is 13.4. The Bertz CT molecular complexity index is 1330. The summed E-state index contributed by atoms with van der Waals surface area (Å²) < 4.78 is 27.6. The van der Waals surface area contributed by atoms with E-state index in [1.807, 2.05) is 27.7 Å². The van der Waals surface area contributed by atoms with Gasteiger partial charge in [0, 0.05) is 30.2 Å². The van der Waals surface area contributed by atoms with Gasteiger partial charge in [-0.2, -0.15) is 5.10 Å². The van der Waals surface area contributed by atoms with Crippen molar-refractivity contribution in [1.82, 2.24) is 4.92 Å². The number of halogens is 1. The van der Waals surface area contributed by atoms with Gasteiger partial charge in [-0.05, 0) is 65.6 Å². The van der Waals surface area contributed by atoms with Crippen molar-refractivity contribution in [3.05, 3.63) is 36.4 Å². The van der Waals surface area contributed by atoms with Crippen molar-refractivity contribution < 1.29 is 38.4 Å². The van der Waals surface area contributed by atoms with Gasteiger partial charge in [0.15, 0.2) is 18.1 Å². The number of fused-ring (bicyclic) bond motifs is 1. The molecule has 3 fully saturated rings. The monoisotopic (exact) mass is 582 g/mol. The average Bonchev–Trinajstić information content (AvgIpc) is 3.23. The van der Waals surface area contributed by atoms with Crippen molar-refractivity contribution in [2.24, 2.45) is 45.0 Å². The number of carboxylic acids is 1. The lowest BCUT2D eigenvalue weighted by molar-refractivity contribution is -0.199. The first-order chi connectivity index (χ1) is 19.7. The summed E-state index contributed by atoms with van der Waals surface area (Å²) >= 11 is 0. The van der Waals surface area contributed by atoms with E-state index in [0.717, 1.165) is 0 Å². The summed E-state index contributed by atoms with van der Waals surface area (Å²) in [5.41, 5.74) is -1.49. The van der Waals surface area contributed by atoms with Crippen LogP contribution in [0.3, 0.4) is 0 Å². The third-order valence-corrected chi connectivity index (χ3v) is 11.5. The van der Waals surface area contributed by atoms with E-state index in [1.165, 1.54) is 4.92 Å². The van der Waals surface area contributed by atoms with Gasteiger partial charge >= 0.3 is 13.0 Å². The SMILES string of the molecule is C=C[C@]1(C)C[C@@H](C(Oc2ccc3c(c2)B(O)N(C)N=C3)C(=O)O)[C@@]2(C)[C@H](C)CC[C@]3(CC(F)C(=O)[C@H]32)[C@@H](C)[C@@H]1OC=O. The van der Waals surface area contributed by atoms with Gasteiger partial charge in [-0.15, -0.1) is 6.58 Å². The number of ketones is 1. The topological polar surface area (TPSA) is 126 Å². The van der Waals surface area contributed by atoms with Gasteiger partial charge in [0.05, 0.1) is 6.21 Å². The number of benzene rings is 1. The van der Waals surface area contributed by atoms with Crippen LogP contribution in [-0.2, 0) is 19.1 Å². The van der Waals surface area contributed by atoms with Gasteiger partial charge in [-0.3, -0.25) is 9.59 Å². The minimum atomic E-state index is -1.68. The van der Waals surface area contributed by atoms with Crippen molar-refractivity contribution in [2.75, 3.05) is 7.05 Å². The summed E-state index contributed by atoms with van der Waals surface area (Å²) in [6, 6.07) is 4.93. The Balaban J connectivity index is 1.68. The van der Waals surface area contributed by atoms with Crippen LogP contribution < -0.4 is 10.2 Å². The van der Waals surface area contributed by atoms with Crippen LogP contribution in [0.5, 0.6) is 5.75 Å². The largest absolute Gasteiger partial charge is 0.478 e. The molecule has 5 rings (SSSR count). The molecule has 0 radical (unpaired) electrons. The number of rotatable bonds is 7. The molecule has 1 aliphatic heterocycles. The number of alkyl halides is 1. The van der Waals surface area contributed by atoms with Crippen LogP contribution in [0.4, 0.5) is 4.39 Å². The predicted octanol–water partition coefficient (Wildman–Crippen LogP) is 3.23. The maximum atomic E-state index is 15.6. The van der Waals surface area contributed by atoms with Gasteiger partial charge in [0.1, 0.15) is 11.9 Å². The number of nitrogens with zero attached hydrogens (tertiary/aromatic N) is 2. The second-order valence-corrected chi connectivity index (χ2v) is 13.4. The number of ether oxygens (including phenoxy) is 2. The zero-order valence-corrected chi connectivity index (χ0v) is 24.8. The molecule has 0 amide bonds. The number of Topliss-reactive ketones (excluding diaryl/α,β-unsaturated/α-hetero) is 1. The molecule has 0 aromatic heterocycles. The van der Waals surface area contributed by atoms with Crippen molar-refractivity contribution in [3.8, 4) is 5.75 Å². The summed E-state index contributed by atoms with van der Waals surface area (Å²) in [7, 11) is 0.578. The number of hydrogen-bond acceptors (Lipinski definition) is 8. The van der Waals surface area contributed by atoms with E-state index in [1.54, 1.807) is 37.5 Å². The maximum absolute atomic E-state index is 15.6. The molecule has 1 aromatic rings. The third kappa shape index (κ3) is 4.29. The molecule has 1 aromatic carbocycles. The quantitative estimate of drug-likeness (QED) is 0.285. The summed E-state index contributed by atoms with van der Waals surface area (Å²) in [5.74, 6) is -3.56. The smallest absolute Gasteiger partial charge is 0.466 e. The summed E-state index contributed by atoms with van der Waals surface area (Å²) in [5, 5.41) is 25.5. The molecule has 0 spiro atoms. The highest BCUT2D eigenvalue weighted by molar-refractivity contribution is 6.65. The van der Waals surface area contributed by atoms with Crippen LogP contribution in [-0.4, -0.2) is 72.0 Å². The molecule has 11 heteroatoms. The molecule has 2 N–H and O–H groups in total. The van der Waals surface area contributed by atoms with Crippen molar-refractivity contribution in [1.29, 1.82) is 0 Å². The van der Waals surface area contributed by atoms with Crippen LogP contribution in [0.2, 0.25) is 0 Å². The second kappa shape index (κ2) is 10.5. The Hall–Kier alpha value is -3.21. The lowest BCUT2D eigenvalue weighted by Gasteiger charge is -2.63. The molecular formula is C31H40BFN2O7. The van der Waals surface area contributed by atoms with Gasteiger partial charge < -0.3 is 24.5 Å². The first-order valence-electron chi connectivity index (χ1n) is 14.6. The van der Waals surface area contributed by atoms with Gasteiger partial charge in [-0.1, -0.05) is 39.8 Å². The van der Waals surface area contributed by atoms with Gasteiger partial charge in [0.2, 0.25) is 0 Å². The molecule has 2 unspecified atom stereocenters. The van der Waals surface area contributed by atoms with E-state index in [-0.39, 0.29) is 30.4 Å². The number of carboxylic acid groups (broad SMARTS) is 1. The van der Waals surface area contributed by atoms with Crippen LogP contribution in [0, 0.1) is 39.9 Å². The maximum Gasteiger partial charge on any atom is 0.466 e. The molecule has 1 heterocycles. The van der Waals surface area contributed by atoms with E-state index in [2.05, 4.69) is 11.7 Å². The summed E-state index contributed by atoms with van der Waals surface area (Å²) in [6.07, 6.45) is 0.836. The first kappa shape index (κ1) is 30.3. The third-order valence-electron chi connectivity index (χ3n) is 11.5. The molecule has 2 bridgehead atoms. The van der Waals surface area contributed by atoms with Crippen LogP contribution in [0.25, 0.3) is 0 Å².